The first-order valence-corrected chi connectivity index (χ1v) is 2.03. The highest BCUT2D eigenvalue weighted by molar-refractivity contribution is 4.95. The Balaban J connectivity index is 3.41. The van der Waals surface area contributed by atoms with Crippen LogP contribution in [0.15, 0.2) is 15.5 Å². The van der Waals surface area contributed by atoms with Crippen LogP contribution < -0.4 is 10.9 Å². The molecule has 0 aliphatic heterocycles. The molecule has 0 fully saturated rings. The van der Waals surface area contributed by atoms with Gasteiger partial charge in [0, 0.05) is 12.9 Å². The van der Waals surface area contributed by atoms with Crippen LogP contribution >= 0.6 is 0 Å². The summed E-state index contributed by atoms with van der Waals surface area (Å²) in [5.41, 5.74) is 0. The van der Waals surface area contributed by atoms with E-state index in [1.165, 1.54) is 7.05 Å². The fourth-order valence-electron chi connectivity index (χ4n) is 0.349. The number of aromatic nitrogens is 1. The lowest BCUT2D eigenvalue weighted by atomic mass is 10.8. The third-order valence-electron chi connectivity index (χ3n) is 0.865. The van der Waals surface area contributed by atoms with E-state index in [2.05, 4.69) is 4.42 Å². The van der Waals surface area contributed by atoms with Gasteiger partial charge >= 0.3 is 5.76 Å². The van der Waals surface area contributed by atoms with Crippen LogP contribution in [0.5, 0.6) is 5.88 Å². The fraction of sp³-hybridized carbons (Fsp3) is 0.250. The molecule has 1 aromatic rings. The van der Waals surface area contributed by atoms with Gasteiger partial charge in [0.15, 0.2) is 0 Å². The second-order valence-electron chi connectivity index (χ2n) is 1.40. The maximum atomic E-state index is 10.3. The minimum absolute atomic E-state index is 0.407. The van der Waals surface area contributed by atoms with E-state index in [4.69, 9.17) is 0 Å². The molecule has 0 saturated carbocycles. The molecule has 8 heavy (non-hydrogen) atoms. The quantitative estimate of drug-likeness (QED) is 0.437. The highest BCUT2D eigenvalue weighted by atomic mass is 16.4. The third kappa shape index (κ3) is 0.501. The van der Waals surface area contributed by atoms with Crippen LogP contribution in [0, 0.1) is 0 Å². The normalized spacial score (nSPS) is 9.62. The summed E-state index contributed by atoms with van der Waals surface area (Å²) in [7, 11) is 1.36. The summed E-state index contributed by atoms with van der Waals surface area (Å²) < 4.78 is 5.08. The Kier molecular flexibility index (Phi) is 0.865. The lowest BCUT2D eigenvalue weighted by Gasteiger charge is -1.98. The predicted molar refractivity (Wildman–Crippen MR) is 23.4 cm³/mol. The molecule has 0 aliphatic carbocycles. The Morgan fingerprint density at radius 3 is 2.62 bits per heavy atom. The number of rotatable bonds is 0. The molecule has 4 nitrogen and oxygen atoms in total. The zero-order valence-electron chi connectivity index (χ0n) is 4.25. The van der Waals surface area contributed by atoms with Gasteiger partial charge < -0.3 is 9.52 Å². The first kappa shape index (κ1) is 4.96. The minimum Gasteiger partial charge on any atom is -0.858 e. The Bertz CT molecular complexity index is 234. The van der Waals surface area contributed by atoms with Crippen molar-refractivity contribution in [2.75, 3.05) is 0 Å². The molecule has 4 heteroatoms. The molecular formula is C4H4NO3-. The van der Waals surface area contributed by atoms with Gasteiger partial charge in [-0.05, 0) is 0 Å². The van der Waals surface area contributed by atoms with Crippen LogP contribution in [0.25, 0.3) is 0 Å². The second kappa shape index (κ2) is 1.40. The molecule has 0 aromatic carbocycles. The zero-order chi connectivity index (χ0) is 6.15. The van der Waals surface area contributed by atoms with Gasteiger partial charge in [-0.25, -0.2) is 4.79 Å². The van der Waals surface area contributed by atoms with E-state index in [0.29, 0.717) is 0 Å². The number of oxazole rings is 1. The lowest BCUT2D eigenvalue weighted by Crippen LogP contribution is -2.11. The van der Waals surface area contributed by atoms with Crippen LogP contribution in [0.1, 0.15) is 0 Å². The van der Waals surface area contributed by atoms with Crippen LogP contribution in [0.3, 0.4) is 0 Å². The first-order valence-electron chi connectivity index (χ1n) is 2.03. The van der Waals surface area contributed by atoms with Crippen LogP contribution in [0.2, 0.25) is 0 Å². The molecule has 1 aromatic heterocycles. The molecule has 0 N–H and O–H groups in total. The van der Waals surface area contributed by atoms with Gasteiger partial charge in [0.2, 0.25) is 0 Å². The summed E-state index contributed by atoms with van der Waals surface area (Å²) in [5, 5.41) is 10.3. The Morgan fingerprint density at radius 1 is 1.88 bits per heavy atom. The maximum Gasteiger partial charge on any atom is 0.418 e. The lowest BCUT2D eigenvalue weighted by molar-refractivity contribution is -0.278. The van der Waals surface area contributed by atoms with Gasteiger partial charge in [-0.1, -0.05) is 0 Å². The summed E-state index contributed by atoms with van der Waals surface area (Å²) in [4.78, 5) is 10.2. The van der Waals surface area contributed by atoms with Gasteiger partial charge in [0.1, 0.15) is 6.26 Å². The first-order chi connectivity index (χ1) is 3.72. The second-order valence-corrected chi connectivity index (χ2v) is 1.40. The number of hydrogen-bond acceptors (Lipinski definition) is 3. The van der Waals surface area contributed by atoms with Crippen molar-refractivity contribution in [2.45, 2.75) is 0 Å². The number of nitrogens with zero attached hydrogens (tertiary/aromatic N) is 1. The van der Waals surface area contributed by atoms with Crippen LogP contribution in [-0.2, 0) is 7.05 Å². The summed E-state index contributed by atoms with van der Waals surface area (Å²) in [6, 6.07) is 0. The largest absolute Gasteiger partial charge is 0.858 e. The molecule has 0 spiro atoms. The van der Waals surface area contributed by atoms with Crippen molar-refractivity contribution in [1.29, 1.82) is 0 Å². The summed E-state index contributed by atoms with van der Waals surface area (Å²) in [6.45, 7) is 0. The molecule has 0 unspecified atom stereocenters. The van der Waals surface area contributed by atoms with E-state index in [9.17, 15) is 9.90 Å². The molecule has 1 rings (SSSR count). The molecule has 0 saturated heterocycles. The average Bonchev–Trinajstić information content (AvgIpc) is 1.98. The van der Waals surface area contributed by atoms with Crippen molar-refractivity contribution >= 4 is 0 Å². The standard InChI is InChI=1S/C4H5NO3/c1-5-3(6)2-8-4(5)7/h2,6H,1H3/p-1. The topological polar surface area (TPSA) is 58.2 Å². The summed E-state index contributed by atoms with van der Waals surface area (Å²) in [5.74, 6) is -1.02. The van der Waals surface area contributed by atoms with Gasteiger partial charge in [0.25, 0.3) is 0 Å². The van der Waals surface area contributed by atoms with Crippen molar-refractivity contribution in [3.63, 3.8) is 0 Å². The molecule has 0 bridgehead atoms. The molecule has 0 amide bonds. The van der Waals surface area contributed by atoms with Crippen molar-refractivity contribution < 1.29 is 9.52 Å². The average molecular weight is 114 g/mol. The fourth-order valence-corrected chi connectivity index (χ4v) is 0.349. The molecule has 0 atom stereocenters. The monoisotopic (exact) mass is 114 g/mol. The minimum atomic E-state index is -0.616. The highest BCUT2D eigenvalue weighted by Gasteiger charge is 1.89. The Hall–Kier alpha value is -1.19. The van der Waals surface area contributed by atoms with Crippen molar-refractivity contribution in [1.82, 2.24) is 4.57 Å². The molecule has 1 heterocycles. The van der Waals surface area contributed by atoms with E-state index in [1.54, 1.807) is 0 Å². The van der Waals surface area contributed by atoms with Crippen LogP contribution in [0.4, 0.5) is 0 Å². The SMILES string of the molecule is Cn1c([O-])coc1=O. The van der Waals surface area contributed by atoms with Gasteiger partial charge in [0.05, 0.1) is 0 Å². The van der Waals surface area contributed by atoms with Crippen molar-refractivity contribution in [3.8, 4) is 5.88 Å². The zero-order valence-corrected chi connectivity index (χ0v) is 4.25. The van der Waals surface area contributed by atoms with E-state index < -0.39 is 11.6 Å². The van der Waals surface area contributed by atoms with E-state index in [1.807, 2.05) is 0 Å². The van der Waals surface area contributed by atoms with E-state index in [-0.39, 0.29) is 0 Å². The van der Waals surface area contributed by atoms with Gasteiger partial charge in [-0.15, -0.1) is 0 Å². The highest BCUT2D eigenvalue weighted by Crippen LogP contribution is 1.94. The smallest absolute Gasteiger partial charge is 0.418 e. The summed E-state index contributed by atoms with van der Waals surface area (Å²) in [6.07, 6.45) is 0.877. The third-order valence-corrected chi connectivity index (χ3v) is 0.865. The predicted octanol–water partition coefficient (Wildman–Crippen LogP) is -0.948. The van der Waals surface area contributed by atoms with Gasteiger partial charge in [-0.2, -0.15) is 0 Å². The van der Waals surface area contributed by atoms with E-state index >= 15 is 0 Å². The molecule has 0 radical (unpaired) electrons. The summed E-state index contributed by atoms with van der Waals surface area (Å²) >= 11 is 0. The number of hydrogen-bond donors (Lipinski definition) is 0. The molecule has 44 valence electrons. The van der Waals surface area contributed by atoms with Crippen molar-refractivity contribution in [3.05, 3.63) is 16.8 Å². The Morgan fingerprint density at radius 2 is 2.50 bits per heavy atom. The van der Waals surface area contributed by atoms with Crippen molar-refractivity contribution in [2.24, 2.45) is 7.05 Å². The molecular weight excluding hydrogens is 110 g/mol. The Labute approximate surface area is 45.0 Å². The van der Waals surface area contributed by atoms with Gasteiger partial charge in [-0.3, -0.25) is 4.57 Å². The maximum absolute atomic E-state index is 10.3. The van der Waals surface area contributed by atoms with E-state index in [0.717, 1.165) is 10.8 Å². The van der Waals surface area contributed by atoms with Crippen LogP contribution in [-0.4, -0.2) is 4.57 Å². The molecule has 0 aliphatic rings.